The zero-order chi connectivity index (χ0) is 15.8. The van der Waals surface area contributed by atoms with Gasteiger partial charge in [-0.05, 0) is 25.7 Å². The fourth-order valence-electron chi connectivity index (χ4n) is 2.25. The Morgan fingerprint density at radius 1 is 1.52 bits per heavy atom. The molecule has 4 N–H and O–H groups in total. The Kier molecular flexibility index (Phi) is 4.49. The van der Waals surface area contributed by atoms with E-state index in [-0.39, 0.29) is 12.4 Å². The van der Waals surface area contributed by atoms with Crippen molar-refractivity contribution in [2.24, 2.45) is 0 Å². The lowest BCUT2D eigenvalue weighted by molar-refractivity contribution is -0.0529. The van der Waals surface area contributed by atoms with E-state index in [2.05, 4.69) is 4.98 Å². The molecule has 1 aromatic heterocycles. The van der Waals surface area contributed by atoms with E-state index < -0.39 is 38.5 Å². The molecule has 4 unspecified atom stereocenters. The van der Waals surface area contributed by atoms with Crippen LogP contribution in [0.4, 0.5) is 5.82 Å². The molecule has 0 radical (unpaired) electrons. The van der Waals surface area contributed by atoms with Crippen LogP contribution < -0.4 is 11.4 Å². The standard InChI is InChI=1S/C12H21N3O5Si/c1-21(2,3)20-10-9(17)7(6-16)19-11(10)15-5-4-8(13)14-12(15)18/h4-5,7,9-11,16-17H,6H2,1-3H3,(H2,13,14,18). The number of aliphatic hydroxyl groups is 2. The van der Waals surface area contributed by atoms with Gasteiger partial charge in [-0.1, -0.05) is 0 Å². The Morgan fingerprint density at radius 2 is 2.19 bits per heavy atom. The number of ether oxygens (including phenoxy) is 1. The molecule has 1 aromatic rings. The number of hydrogen-bond donors (Lipinski definition) is 3. The van der Waals surface area contributed by atoms with Crippen LogP contribution in [-0.4, -0.2) is 53.0 Å². The van der Waals surface area contributed by atoms with Crippen LogP contribution >= 0.6 is 0 Å². The molecule has 2 heterocycles. The molecule has 0 amide bonds. The van der Waals surface area contributed by atoms with Gasteiger partial charge in [0.25, 0.3) is 0 Å². The fraction of sp³-hybridized carbons (Fsp3) is 0.667. The summed E-state index contributed by atoms with van der Waals surface area (Å²) in [5.41, 5.74) is 4.88. The largest absolute Gasteiger partial charge is 0.407 e. The number of aliphatic hydroxyl groups excluding tert-OH is 2. The third kappa shape index (κ3) is 3.50. The monoisotopic (exact) mass is 315 g/mol. The molecule has 0 bridgehead atoms. The first-order valence-electron chi connectivity index (χ1n) is 6.70. The van der Waals surface area contributed by atoms with Crippen molar-refractivity contribution in [3.8, 4) is 0 Å². The van der Waals surface area contributed by atoms with Crippen LogP contribution in [0.2, 0.25) is 19.6 Å². The molecule has 2 rings (SSSR count). The highest BCUT2D eigenvalue weighted by atomic mass is 28.4. The second kappa shape index (κ2) is 5.85. The average molecular weight is 315 g/mol. The molecule has 0 aliphatic carbocycles. The van der Waals surface area contributed by atoms with Crippen molar-refractivity contribution in [3.63, 3.8) is 0 Å². The minimum Gasteiger partial charge on any atom is -0.407 e. The zero-order valence-electron chi connectivity index (χ0n) is 12.3. The van der Waals surface area contributed by atoms with Crippen LogP contribution in [0, 0.1) is 0 Å². The van der Waals surface area contributed by atoms with Crippen molar-refractivity contribution >= 4 is 14.1 Å². The third-order valence-corrected chi connectivity index (χ3v) is 4.09. The molecule has 4 atom stereocenters. The van der Waals surface area contributed by atoms with Crippen LogP contribution in [0.3, 0.4) is 0 Å². The van der Waals surface area contributed by atoms with E-state index in [0.717, 1.165) is 0 Å². The lowest BCUT2D eigenvalue weighted by atomic mass is 10.1. The van der Waals surface area contributed by atoms with E-state index in [1.807, 2.05) is 19.6 Å². The van der Waals surface area contributed by atoms with Crippen molar-refractivity contribution in [3.05, 3.63) is 22.7 Å². The highest BCUT2D eigenvalue weighted by Gasteiger charge is 2.47. The van der Waals surface area contributed by atoms with Crippen molar-refractivity contribution in [2.75, 3.05) is 12.3 Å². The Balaban J connectivity index is 2.36. The maximum Gasteiger partial charge on any atom is 0.351 e. The number of nitrogens with zero attached hydrogens (tertiary/aromatic N) is 2. The Morgan fingerprint density at radius 3 is 2.71 bits per heavy atom. The van der Waals surface area contributed by atoms with Gasteiger partial charge in [-0.15, -0.1) is 0 Å². The van der Waals surface area contributed by atoms with Crippen LogP contribution in [0.1, 0.15) is 6.23 Å². The van der Waals surface area contributed by atoms with E-state index >= 15 is 0 Å². The molecule has 21 heavy (non-hydrogen) atoms. The zero-order valence-corrected chi connectivity index (χ0v) is 13.3. The van der Waals surface area contributed by atoms with E-state index in [1.165, 1.54) is 16.8 Å². The number of nitrogens with two attached hydrogens (primary N) is 1. The lowest BCUT2D eigenvalue weighted by Crippen LogP contribution is -2.44. The summed E-state index contributed by atoms with van der Waals surface area (Å²) in [6.07, 6.45) is -1.96. The summed E-state index contributed by atoms with van der Waals surface area (Å²) in [6, 6.07) is 1.47. The molecule has 1 saturated heterocycles. The maximum atomic E-state index is 11.9. The van der Waals surface area contributed by atoms with Gasteiger partial charge in [-0.3, -0.25) is 4.57 Å². The number of anilines is 1. The summed E-state index contributed by atoms with van der Waals surface area (Å²) in [7, 11) is -1.99. The van der Waals surface area contributed by atoms with E-state index in [0.29, 0.717) is 0 Å². The fourth-order valence-corrected chi connectivity index (χ4v) is 3.32. The van der Waals surface area contributed by atoms with Gasteiger partial charge in [0.05, 0.1) is 6.61 Å². The lowest BCUT2D eigenvalue weighted by Gasteiger charge is -2.29. The van der Waals surface area contributed by atoms with E-state index in [4.69, 9.17) is 14.9 Å². The predicted octanol–water partition coefficient (Wildman–Crippen LogP) is -0.704. The van der Waals surface area contributed by atoms with Crippen molar-refractivity contribution in [2.45, 2.75) is 44.2 Å². The van der Waals surface area contributed by atoms with Crippen LogP contribution in [0.25, 0.3) is 0 Å². The molecule has 0 spiro atoms. The Labute approximate surface area is 123 Å². The van der Waals surface area contributed by atoms with Gasteiger partial charge in [0.2, 0.25) is 0 Å². The van der Waals surface area contributed by atoms with Crippen LogP contribution in [-0.2, 0) is 9.16 Å². The molecule has 1 aliphatic heterocycles. The first-order valence-corrected chi connectivity index (χ1v) is 10.1. The second-order valence-electron chi connectivity index (χ2n) is 5.98. The third-order valence-electron chi connectivity index (χ3n) is 3.11. The summed E-state index contributed by atoms with van der Waals surface area (Å²) in [5.74, 6) is 0.108. The minimum atomic E-state index is -1.99. The molecule has 0 aromatic carbocycles. The first-order chi connectivity index (χ1) is 9.73. The molecule has 0 saturated carbocycles. The average Bonchev–Trinajstić information content (AvgIpc) is 2.65. The van der Waals surface area contributed by atoms with Crippen LogP contribution in [0.15, 0.2) is 17.1 Å². The quantitative estimate of drug-likeness (QED) is 0.628. The van der Waals surface area contributed by atoms with Crippen molar-refractivity contribution in [1.82, 2.24) is 9.55 Å². The predicted molar refractivity (Wildman–Crippen MR) is 78.1 cm³/mol. The van der Waals surface area contributed by atoms with Crippen LogP contribution in [0.5, 0.6) is 0 Å². The first kappa shape index (κ1) is 16.1. The van der Waals surface area contributed by atoms with Crippen molar-refractivity contribution in [1.29, 1.82) is 0 Å². The summed E-state index contributed by atoms with van der Waals surface area (Å²) in [4.78, 5) is 15.6. The van der Waals surface area contributed by atoms with Gasteiger partial charge in [0.1, 0.15) is 24.1 Å². The number of rotatable bonds is 4. The van der Waals surface area contributed by atoms with Gasteiger partial charge >= 0.3 is 5.69 Å². The summed E-state index contributed by atoms with van der Waals surface area (Å²) < 4.78 is 12.7. The molecule has 1 aliphatic rings. The highest BCUT2D eigenvalue weighted by Crippen LogP contribution is 2.32. The smallest absolute Gasteiger partial charge is 0.351 e. The molecule has 118 valence electrons. The van der Waals surface area contributed by atoms with E-state index in [1.54, 1.807) is 0 Å². The Hall–Kier alpha value is -1.26. The van der Waals surface area contributed by atoms with Gasteiger partial charge in [0.15, 0.2) is 14.5 Å². The number of hydrogen-bond acceptors (Lipinski definition) is 7. The second-order valence-corrected chi connectivity index (χ2v) is 10.4. The Bertz CT molecular complexity index is 559. The van der Waals surface area contributed by atoms with Gasteiger partial charge in [-0.25, -0.2) is 4.79 Å². The van der Waals surface area contributed by atoms with Crippen molar-refractivity contribution < 1.29 is 19.4 Å². The van der Waals surface area contributed by atoms with Gasteiger partial charge < -0.3 is 25.1 Å². The summed E-state index contributed by atoms with van der Waals surface area (Å²) in [6.45, 7) is 5.54. The SMILES string of the molecule is C[Si](C)(C)OC1C(O)C(CO)OC1n1ccc(N)nc1=O. The molecule has 1 fully saturated rings. The molecular formula is C12H21N3O5Si. The maximum absolute atomic E-state index is 11.9. The molecule has 9 heteroatoms. The minimum absolute atomic E-state index is 0.108. The van der Waals surface area contributed by atoms with Gasteiger partial charge in [0, 0.05) is 6.20 Å². The molecule has 8 nitrogen and oxygen atoms in total. The van der Waals surface area contributed by atoms with Gasteiger partial charge in [-0.2, -0.15) is 4.98 Å². The normalized spacial score (nSPS) is 29.8. The number of aromatic nitrogens is 2. The topological polar surface area (TPSA) is 120 Å². The summed E-state index contributed by atoms with van der Waals surface area (Å²) >= 11 is 0. The highest BCUT2D eigenvalue weighted by molar-refractivity contribution is 6.69. The summed E-state index contributed by atoms with van der Waals surface area (Å²) in [5, 5.41) is 19.5. The van der Waals surface area contributed by atoms with E-state index in [9.17, 15) is 15.0 Å². The number of nitrogen functional groups attached to an aromatic ring is 1. The molecular weight excluding hydrogens is 294 g/mol.